The van der Waals surface area contributed by atoms with Crippen LogP contribution in [0.1, 0.15) is 19.4 Å². The van der Waals surface area contributed by atoms with Crippen molar-refractivity contribution in [3.8, 4) is 11.1 Å². The Bertz CT molecular complexity index is 929. The van der Waals surface area contributed by atoms with Crippen molar-refractivity contribution in [3.63, 3.8) is 0 Å². The highest BCUT2D eigenvalue weighted by Crippen LogP contribution is 2.26. The second-order valence-corrected chi connectivity index (χ2v) is 6.69. The molecule has 0 fully saturated rings. The van der Waals surface area contributed by atoms with E-state index in [9.17, 15) is 8.78 Å². The number of nitrogens with one attached hydrogen (secondary N) is 1. The summed E-state index contributed by atoms with van der Waals surface area (Å²) in [4.78, 5) is 9.94. The van der Waals surface area contributed by atoms with Crippen LogP contribution in [0.15, 0.2) is 59.0 Å². The highest BCUT2D eigenvalue weighted by Gasteiger charge is 2.37. The lowest BCUT2D eigenvalue weighted by atomic mass is 10.0. The second-order valence-electron chi connectivity index (χ2n) is 6.69. The van der Waals surface area contributed by atoms with Gasteiger partial charge >= 0.3 is 0 Å². The molecule has 3 heterocycles. The molecule has 7 heteroatoms. The van der Waals surface area contributed by atoms with Crippen LogP contribution < -0.4 is 5.01 Å². The number of pyridine rings is 1. The fourth-order valence-electron chi connectivity index (χ4n) is 2.98. The summed E-state index contributed by atoms with van der Waals surface area (Å²) >= 11 is 0. The van der Waals surface area contributed by atoms with Crippen molar-refractivity contribution >= 4 is 17.9 Å². The number of halogens is 2. The standard InChI is InChI=1S/C19H17F2N5/c1-19(2,21)25-11-18-23-10-17(26(18)24-12-25)13-5-6-16(20)15(8-13)14-4-3-7-22-9-14/h3-10,12H,11H2,1-2H3/p+1. The smallest absolute Gasteiger partial charge is 0.253 e. The van der Waals surface area contributed by atoms with E-state index in [2.05, 4.69) is 15.1 Å². The Kier molecular flexibility index (Phi) is 3.88. The normalized spacial score (nSPS) is 19.2. The summed E-state index contributed by atoms with van der Waals surface area (Å²) in [6.07, 6.45) is 6.48. The first-order chi connectivity index (χ1) is 12.4. The molecule has 2 aliphatic rings. The molecule has 0 amide bonds. The summed E-state index contributed by atoms with van der Waals surface area (Å²) in [5.41, 5.74) is 2.78. The number of aromatic nitrogens is 1. The Morgan fingerprint density at radius 1 is 1.19 bits per heavy atom. The topological polar surface area (TPSA) is 45.3 Å². The third-order valence-electron chi connectivity index (χ3n) is 4.46. The number of nitrogens with zero attached hydrogens (tertiary/aromatic N) is 4. The van der Waals surface area contributed by atoms with Gasteiger partial charge in [-0.15, -0.1) is 5.01 Å². The molecule has 0 bridgehead atoms. The van der Waals surface area contributed by atoms with Gasteiger partial charge < -0.3 is 4.90 Å². The van der Waals surface area contributed by atoms with Crippen LogP contribution in [0.2, 0.25) is 0 Å². The van der Waals surface area contributed by atoms with Crippen molar-refractivity contribution in [1.29, 1.82) is 0 Å². The zero-order chi connectivity index (χ0) is 18.3. The van der Waals surface area contributed by atoms with Gasteiger partial charge in [0.05, 0.1) is 6.20 Å². The molecule has 132 valence electrons. The molecule has 26 heavy (non-hydrogen) atoms. The summed E-state index contributed by atoms with van der Waals surface area (Å²) in [5, 5.41) is 5.10. The van der Waals surface area contributed by atoms with Crippen LogP contribution in [-0.4, -0.2) is 34.4 Å². The third-order valence-corrected chi connectivity index (χ3v) is 4.46. The number of quaternary nitrogens is 1. The maximum Gasteiger partial charge on any atom is 0.253 e. The summed E-state index contributed by atoms with van der Waals surface area (Å²) in [6.45, 7) is 3.31. The van der Waals surface area contributed by atoms with Crippen LogP contribution in [0.3, 0.4) is 0 Å². The van der Waals surface area contributed by atoms with E-state index in [1.165, 1.54) is 31.2 Å². The molecule has 0 saturated carbocycles. The predicted molar refractivity (Wildman–Crippen MR) is 96.4 cm³/mol. The minimum Gasteiger partial charge on any atom is -0.315 e. The van der Waals surface area contributed by atoms with Crippen molar-refractivity contribution in [2.24, 2.45) is 10.1 Å². The Morgan fingerprint density at radius 3 is 2.77 bits per heavy atom. The molecule has 1 atom stereocenters. The first kappa shape index (κ1) is 16.5. The molecular formula is C19H18F2N5+. The van der Waals surface area contributed by atoms with Gasteiger partial charge in [0.2, 0.25) is 0 Å². The molecule has 2 aliphatic heterocycles. The molecule has 2 aromatic rings. The summed E-state index contributed by atoms with van der Waals surface area (Å²) in [5.74, 6) is -1.12. The van der Waals surface area contributed by atoms with E-state index in [0.29, 0.717) is 28.5 Å². The number of aliphatic imine (C=N–C) groups is 1. The number of hydrogen-bond donors (Lipinski definition) is 1. The molecule has 0 radical (unpaired) electrons. The van der Waals surface area contributed by atoms with Crippen molar-refractivity contribution < 1.29 is 13.8 Å². The largest absolute Gasteiger partial charge is 0.315 e. The predicted octanol–water partition coefficient (Wildman–Crippen LogP) is 2.45. The molecule has 0 spiro atoms. The summed E-state index contributed by atoms with van der Waals surface area (Å²) < 4.78 is 28.4. The number of benzene rings is 1. The maximum atomic E-state index is 14.3. The molecule has 0 aliphatic carbocycles. The summed E-state index contributed by atoms with van der Waals surface area (Å²) in [7, 11) is 0. The maximum absolute atomic E-state index is 14.3. The van der Waals surface area contributed by atoms with Crippen LogP contribution in [0.5, 0.6) is 0 Å². The number of amidine groups is 1. The van der Waals surface area contributed by atoms with Crippen LogP contribution >= 0.6 is 0 Å². The van der Waals surface area contributed by atoms with Gasteiger partial charge in [-0.1, -0.05) is 11.2 Å². The monoisotopic (exact) mass is 354 g/mol. The van der Waals surface area contributed by atoms with Crippen molar-refractivity contribution in [1.82, 2.24) is 9.88 Å². The van der Waals surface area contributed by atoms with E-state index >= 15 is 0 Å². The molecular weight excluding hydrogens is 336 g/mol. The Labute approximate surface area is 150 Å². The van der Waals surface area contributed by atoms with Gasteiger partial charge in [0.15, 0.2) is 17.8 Å². The van der Waals surface area contributed by atoms with Crippen LogP contribution in [0.4, 0.5) is 8.78 Å². The minimum absolute atomic E-state index is 0.316. The quantitative estimate of drug-likeness (QED) is 0.861. The number of rotatable bonds is 3. The van der Waals surface area contributed by atoms with E-state index in [-0.39, 0.29) is 5.82 Å². The average Bonchev–Trinajstić information content (AvgIpc) is 3.05. The fourth-order valence-corrected chi connectivity index (χ4v) is 2.98. The lowest BCUT2D eigenvalue weighted by Crippen LogP contribution is -3.08. The van der Waals surface area contributed by atoms with Crippen LogP contribution in [0.25, 0.3) is 16.8 Å². The lowest BCUT2D eigenvalue weighted by molar-refractivity contribution is -0.731. The van der Waals surface area contributed by atoms with Crippen molar-refractivity contribution in [2.45, 2.75) is 19.6 Å². The van der Waals surface area contributed by atoms with Crippen LogP contribution in [0, 0.1) is 5.82 Å². The zero-order valence-corrected chi connectivity index (χ0v) is 14.4. The van der Waals surface area contributed by atoms with E-state index in [1.807, 2.05) is 6.07 Å². The lowest BCUT2D eigenvalue weighted by Gasteiger charge is -2.32. The summed E-state index contributed by atoms with van der Waals surface area (Å²) in [6, 6.07) is 8.48. The Balaban J connectivity index is 1.66. The molecule has 4 rings (SSSR count). The van der Waals surface area contributed by atoms with Gasteiger partial charge in [0, 0.05) is 29.1 Å². The molecule has 1 aromatic heterocycles. The highest BCUT2D eigenvalue weighted by molar-refractivity contribution is 5.88. The van der Waals surface area contributed by atoms with E-state index < -0.39 is 5.79 Å². The van der Waals surface area contributed by atoms with Gasteiger partial charge in [-0.25, -0.2) is 8.78 Å². The van der Waals surface area contributed by atoms with E-state index in [1.54, 1.807) is 36.8 Å². The highest BCUT2D eigenvalue weighted by atomic mass is 19.1. The zero-order valence-electron chi connectivity index (χ0n) is 14.4. The first-order valence-corrected chi connectivity index (χ1v) is 8.28. The fraction of sp³-hybridized carbons (Fsp3) is 0.211. The second kappa shape index (κ2) is 6.10. The molecule has 0 saturated heterocycles. The van der Waals surface area contributed by atoms with E-state index in [4.69, 9.17) is 0 Å². The third kappa shape index (κ3) is 2.90. The van der Waals surface area contributed by atoms with E-state index in [0.717, 1.165) is 11.3 Å². The number of fused-ring (bicyclic) bond motifs is 1. The Morgan fingerprint density at radius 2 is 2.04 bits per heavy atom. The number of alkyl halides is 1. The Hall–Kier alpha value is -2.93. The molecule has 5 nitrogen and oxygen atoms in total. The molecule has 1 unspecified atom stereocenters. The molecule has 1 aromatic carbocycles. The van der Waals surface area contributed by atoms with Gasteiger partial charge in [-0.2, -0.15) is 4.99 Å². The van der Waals surface area contributed by atoms with Crippen molar-refractivity contribution in [3.05, 3.63) is 60.3 Å². The molecule has 1 N–H and O–H groups in total. The van der Waals surface area contributed by atoms with Gasteiger partial charge in [0.1, 0.15) is 12.4 Å². The van der Waals surface area contributed by atoms with Gasteiger partial charge in [-0.05, 0) is 38.1 Å². The van der Waals surface area contributed by atoms with Gasteiger partial charge in [0.25, 0.3) is 5.84 Å². The SMILES string of the molecule is CC(C)(F)N1C=N[NH+]2C(c3ccc(F)c(-c4cccnc4)c3)=CN=C2C1. The van der Waals surface area contributed by atoms with Gasteiger partial charge in [-0.3, -0.25) is 4.98 Å². The van der Waals surface area contributed by atoms with Crippen LogP contribution in [-0.2, 0) is 0 Å². The first-order valence-electron chi connectivity index (χ1n) is 8.28. The number of hydrogen-bond acceptors (Lipinski definition) is 4. The average molecular weight is 354 g/mol. The van der Waals surface area contributed by atoms with Crippen molar-refractivity contribution in [2.75, 3.05) is 6.54 Å². The minimum atomic E-state index is -1.51.